The van der Waals surface area contributed by atoms with Gasteiger partial charge in [-0.15, -0.1) is 0 Å². The highest BCUT2D eigenvalue weighted by molar-refractivity contribution is 5.32. The van der Waals surface area contributed by atoms with E-state index in [1.807, 2.05) is 0 Å². The minimum absolute atomic E-state index is 0.597. The van der Waals surface area contributed by atoms with E-state index < -0.39 is 0 Å². The van der Waals surface area contributed by atoms with Crippen molar-refractivity contribution in [3.8, 4) is 0 Å². The summed E-state index contributed by atoms with van der Waals surface area (Å²) in [4.78, 5) is 2.70. The molecule has 2 aliphatic rings. The molecular formula is C16H24N2. The van der Waals surface area contributed by atoms with Gasteiger partial charge in [-0.1, -0.05) is 31.2 Å². The molecule has 2 heterocycles. The molecule has 0 saturated carbocycles. The van der Waals surface area contributed by atoms with Crippen LogP contribution in [0.1, 0.15) is 43.4 Å². The average molecular weight is 244 g/mol. The Morgan fingerprint density at radius 1 is 1.17 bits per heavy atom. The van der Waals surface area contributed by atoms with Crippen molar-refractivity contribution in [2.24, 2.45) is 5.92 Å². The number of fused-ring (bicyclic) bond motifs is 1. The van der Waals surface area contributed by atoms with E-state index in [0.29, 0.717) is 6.04 Å². The predicted octanol–water partition coefficient (Wildman–Crippen LogP) is 2.95. The fourth-order valence-electron chi connectivity index (χ4n) is 3.40. The first-order valence-corrected chi connectivity index (χ1v) is 7.37. The van der Waals surface area contributed by atoms with E-state index in [9.17, 15) is 0 Å². The largest absolute Gasteiger partial charge is 0.311 e. The van der Waals surface area contributed by atoms with Crippen LogP contribution in [0.5, 0.6) is 0 Å². The van der Waals surface area contributed by atoms with Gasteiger partial charge < -0.3 is 5.32 Å². The number of benzene rings is 1. The third-order valence-electron chi connectivity index (χ3n) is 4.56. The quantitative estimate of drug-likeness (QED) is 0.817. The van der Waals surface area contributed by atoms with Crippen LogP contribution >= 0.6 is 0 Å². The topological polar surface area (TPSA) is 15.3 Å². The Morgan fingerprint density at radius 3 is 3.00 bits per heavy atom. The molecule has 2 unspecified atom stereocenters. The van der Waals surface area contributed by atoms with Crippen molar-refractivity contribution in [2.75, 3.05) is 19.6 Å². The van der Waals surface area contributed by atoms with E-state index in [1.54, 1.807) is 5.56 Å². The zero-order valence-electron chi connectivity index (χ0n) is 11.4. The molecular weight excluding hydrogens is 220 g/mol. The third-order valence-corrected chi connectivity index (χ3v) is 4.56. The molecule has 0 radical (unpaired) electrons. The van der Waals surface area contributed by atoms with E-state index in [2.05, 4.69) is 41.4 Å². The van der Waals surface area contributed by atoms with Crippen molar-refractivity contribution >= 4 is 0 Å². The van der Waals surface area contributed by atoms with Crippen LogP contribution in [0.4, 0.5) is 0 Å². The SMILES string of the molecule is CC1CCCN(C2CNCc3ccccc32)CC1. The molecule has 1 N–H and O–H groups in total. The first-order valence-electron chi connectivity index (χ1n) is 7.37. The lowest BCUT2D eigenvalue weighted by molar-refractivity contribution is 0.190. The van der Waals surface area contributed by atoms with Crippen LogP contribution in [-0.4, -0.2) is 24.5 Å². The Bertz CT molecular complexity index is 402. The molecule has 1 fully saturated rings. The summed E-state index contributed by atoms with van der Waals surface area (Å²) in [6.45, 7) is 7.09. The molecule has 18 heavy (non-hydrogen) atoms. The molecule has 1 saturated heterocycles. The Morgan fingerprint density at radius 2 is 2.06 bits per heavy atom. The van der Waals surface area contributed by atoms with Gasteiger partial charge in [0.25, 0.3) is 0 Å². The Labute approximate surface area is 110 Å². The van der Waals surface area contributed by atoms with Crippen LogP contribution in [-0.2, 0) is 6.54 Å². The van der Waals surface area contributed by atoms with Crippen LogP contribution in [0, 0.1) is 5.92 Å². The van der Waals surface area contributed by atoms with Crippen molar-refractivity contribution in [3.05, 3.63) is 35.4 Å². The molecule has 0 aromatic heterocycles. The van der Waals surface area contributed by atoms with Gasteiger partial charge in [0.1, 0.15) is 0 Å². The number of rotatable bonds is 1. The Hall–Kier alpha value is -0.860. The predicted molar refractivity (Wildman–Crippen MR) is 75.5 cm³/mol. The van der Waals surface area contributed by atoms with Crippen LogP contribution in [0.3, 0.4) is 0 Å². The molecule has 0 bridgehead atoms. The Kier molecular flexibility index (Phi) is 3.67. The fraction of sp³-hybridized carbons (Fsp3) is 0.625. The van der Waals surface area contributed by atoms with Crippen molar-refractivity contribution in [1.29, 1.82) is 0 Å². The summed E-state index contributed by atoms with van der Waals surface area (Å²) >= 11 is 0. The second-order valence-electron chi connectivity index (χ2n) is 5.92. The lowest BCUT2D eigenvalue weighted by Gasteiger charge is -2.35. The van der Waals surface area contributed by atoms with Gasteiger partial charge >= 0.3 is 0 Å². The molecule has 98 valence electrons. The summed E-state index contributed by atoms with van der Waals surface area (Å²) < 4.78 is 0. The first kappa shape index (κ1) is 12.2. The summed E-state index contributed by atoms with van der Waals surface area (Å²) in [7, 11) is 0. The van der Waals surface area contributed by atoms with E-state index in [-0.39, 0.29) is 0 Å². The molecule has 0 amide bonds. The molecule has 2 aliphatic heterocycles. The van der Waals surface area contributed by atoms with Crippen LogP contribution in [0.25, 0.3) is 0 Å². The molecule has 1 aromatic rings. The van der Waals surface area contributed by atoms with Gasteiger partial charge in [-0.2, -0.15) is 0 Å². The molecule has 3 rings (SSSR count). The maximum absolute atomic E-state index is 3.58. The van der Waals surface area contributed by atoms with E-state index in [0.717, 1.165) is 19.0 Å². The molecule has 1 aromatic carbocycles. The number of hydrogen-bond donors (Lipinski definition) is 1. The zero-order chi connectivity index (χ0) is 12.4. The second-order valence-corrected chi connectivity index (χ2v) is 5.92. The molecule has 2 heteroatoms. The number of nitrogens with zero attached hydrogens (tertiary/aromatic N) is 1. The summed E-state index contributed by atoms with van der Waals surface area (Å²) in [6.07, 6.45) is 4.12. The summed E-state index contributed by atoms with van der Waals surface area (Å²) in [6, 6.07) is 9.55. The van der Waals surface area contributed by atoms with Crippen molar-refractivity contribution < 1.29 is 0 Å². The summed E-state index contributed by atoms with van der Waals surface area (Å²) in [5.74, 6) is 0.904. The van der Waals surface area contributed by atoms with Gasteiger partial charge in [-0.3, -0.25) is 4.90 Å². The van der Waals surface area contributed by atoms with E-state index in [1.165, 1.54) is 37.9 Å². The highest BCUT2D eigenvalue weighted by Gasteiger charge is 2.26. The summed E-state index contributed by atoms with van der Waals surface area (Å²) in [5.41, 5.74) is 3.05. The van der Waals surface area contributed by atoms with E-state index >= 15 is 0 Å². The van der Waals surface area contributed by atoms with E-state index in [4.69, 9.17) is 0 Å². The molecule has 2 nitrogen and oxygen atoms in total. The normalized spacial score (nSPS) is 29.6. The van der Waals surface area contributed by atoms with Gasteiger partial charge in [0, 0.05) is 19.1 Å². The van der Waals surface area contributed by atoms with Gasteiger partial charge in [-0.05, 0) is 49.4 Å². The smallest absolute Gasteiger partial charge is 0.0476 e. The highest BCUT2D eigenvalue weighted by Crippen LogP contribution is 2.29. The van der Waals surface area contributed by atoms with Crippen LogP contribution in [0.2, 0.25) is 0 Å². The first-order chi connectivity index (χ1) is 8.84. The minimum atomic E-state index is 0.597. The van der Waals surface area contributed by atoms with Crippen molar-refractivity contribution in [1.82, 2.24) is 10.2 Å². The average Bonchev–Trinajstić information content (AvgIpc) is 2.63. The maximum atomic E-state index is 3.58. The number of hydrogen-bond acceptors (Lipinski definition) is 2. The fourth-order valence-corrected chi connectivity index (χ4v) is 3.40. The number of likely N-dealkylation sites (tertiary alicyclic amines) is 1. The van der Waals surface area contributed by atoms with Gasteiger partial charge in [0.2, 0.25) is 0 Å². The van der Waals surface area contributed by atoms with Gasteiger partial charge in [0.05, 0.1) is 0 Å². The Balaban J connectivity index is 1.80. The number of nitrogens with one attached hydrogen (secondary N) is 1. The monoisotopic (exact) mass is 244 g/mol. The highest BCUT2D eigenvalue weighted by atomic mass is 15.2. The molecule has 2 atom stereocenters. The van der Waals surface area contributed by atoms with Gasteiger partial charge in [0.15, 0.2) is 0 Å². The van der Waals surface area contributed by atoms with Crippen LogP contribution in [0.15, 0.2) is 24.3 Å². The zero-order valence-corrected chi connectivity index (χ0v) is 11.4. The van der Waals surface area contributed by atoms with Crippen molar-refractivity contribution in [3.63, 3.8) is 0 Å². The lowest BCUT2D eigenvalue weighted by Crippen LogP contribution is -2.40. The van der Waals surface area contributed by atoms with Crippen molar-refractivity contribution in [2.45, 2.75) is 38.8 Å². The minimum Gasteiger partial charge on any atom is -0.311 e. The molecule has 0 aliphatic carbocycles. The lowest BCUT2D eigenvalue weighted by atomic mass is 9.95. The maximum Gasteiger partial charge on any atom is 0.0476 e. The second kappa shape index (κ2) is 5.41. The van der Waals surface area contributed by atoms with Crippen LogP contribution < -0.4 is 5.32 Å². The third kappa shape index (κ3) is 2.45. The standard InChI is InChI=1S/C16H24N2/c1-13-5-4-9-18(10-8-13)16-12-17-11-14-6-2-3-7-15(14)16/h2-3,6-7,13,16-17H,4-5,8-12H2,1H3. The molecule has 0 spiro atoms. The van der Waals surface area contributed by atoms with Gasteiger partial charge in [-0.25, -0.2) is 0 Å². The summed E-state index contributed by atoms with van der Waals surface area (Å²) in [5, 5.41) is 3.58.